The molecular weight excluding hydrogens is 260 g/mol. The lowest BCUT2D eigenvalue weighted by atomic mass is 10.1. The summed E-state index contributed by atoms with van der Waals surface area (Å²) >= 11 is 1.59. The van der Waals surface area contributed by atoms with Gasteiger partial charge in [-0.2, -0.15) is 0 Å². The van der Waals surface area contributed by atoms with Crippen molar-refractivity contribution in [3.8, 4) is 0 Å². The van der Waals surface area contributed by atoms with Gasteiger partial charge in [0.15, 0.2) is 4.96 Å². The lowest BCUT2D eigenvalue weighted by Crippen LogP contribution is -2.11. The van der Waals surface area contributed by atoms with E-state index in [2.05, 4.69) is 23.8 Å². The van der Waals surface area contributed by atoms with Crippen LogP contribution in [0, 0.1) is 0 Å². The zero-order chi connectivity index (χ0) is 13.4. The summed E-state index contributed by atoms with van der Waals surface area (Å²) in [5.41, 5.74) is 1.74. The van der Waals surface area contributed by atoms with Crippen molar-refractivity contribution in [1.29, 1.82) is 0 Å². The lowest BCUT2D eigenvalue weighted by Gasteiger charge is -2.15. The van der Waals surface area contributed by atoms with E-state index in [1.807, 2.05) is 26.7 Å². The van der Waals surface area contributed by atoms with Crippen LogP contribution in [-0.4, -0.2) is 24.0 Å². The Morgan fingerprint density at radius 2 is 2.26 bits per heavy atom. The first-order valence-electron chi connectivity index (χ1n) is 6.26. The predicted molar refractivity (Wildman–Crippen MR) is 74.3 cm³/mol. The largest absolute Gasteiger partial charge is 0.386 e. The number of aliphatic hydroxyl groups excluding tert-OH is 1. The molecule has 0 aliphatic carbocycles. The number of nitrogens with zero attached hydrogens (tertiary/aromatic N) is 4. The Morgan fingerprint density at radius 1 is 1.42 bits per heavy atom. The molecule has 0 fully saturated rings. The van der Waals surface area contributed by atoms with Crippen molar-refractivity contribution < 1.29 is 5.11 Å². The summed E-state index contributed by atoms with van der Waals surface area (Å²) in [5.74, 6) is 0. The second kappa shape index (κ2) is 4.79. The molecule has 1 N–H and O–H groups in total. The summed E-state index contributed by atoms with van der Waals surface area (Å²) in [5, 5.41) is 12.3. The minimum absolute atomic E-state index is 0.289. The zero-order valence-corrected chi connectivity index (χ0v) is 11.7. The van der Waals surface area contributed by atoms with Gasteiger partial charge in [-0.05, 0) is 13.8 Å². The molecule has 0 aromatic carbocycles. The number of fused-ring (bicyclic) bond motifs is 1. The number of imidazole rings is 2. The van der Waals surface area contributed by atoms with E-state index in [4.69, 9.17) is 0 Å². The van der Waals surface area contributed by atoms with Crippen molar-refractivity contribution in [1.82, 2.24) is 18.9 Å². The molecule has 1 atom stereocenters. The Hall–Kier alpha value is -1.66. The Bertz CT molecular complexity index is 653. The molecule has 6 heteroatoms. The summed E-state index contributed by atoms with van der Waals surface area (Å²) in [6.07, 6.45) is 7.35. The molecule has 3 heterocycles. The average Bonchev–Trinajstić information content (AvgIpc) is 3.01. The quantitative estimate of drug-likeness (QED) is 0.796. The van der Waals surface area contributed by atoms with Gasteiger partial charge in [-0.1, -0.05) is 0 Å². The van der Waals surface area contributed by atoms with Crippen molar-refractivity contribution in [3.05, 3.63) is 41.7 Å². The van der Waals surface area contributed by atoms with Crippen molar-refractivity contribution in [2.45, 2.75) is 32.4 Å². The third-order valence-electron chi connectivity index (χ3n) is 3.14. The maximum absolute atomic E-state index is 10.3. The van der Waals surface area contributed by atoms with Crippen LogP contribution in [0.1, 0.15) is 37.4 Å². The topological polar surface area (TPSA) is 55.3 Å². The predicted octanol–water partition coefficient (Wildman–Crippen LogP) is 2.45. The Morgan fingerprint density at radius 3 is 3.00 bits per heavy atom. The van der Waals surface area contributed by atoms with Crippen LogP contribution in [0.2, 0.25) is 0 Å². The molecule has 1 unspecified atom stereocenters. The fraction of sp³-hybridized carbons (Fsp3) is 0.385. The average molecular weight is 276 g/mol. The third-order valence-corrected chi connectivity index (χ3v) is 3.91. The molecule has 3 aromatic rings. The van der Waals surface area contributed by atoms with Crippen LogP contribution in [0.25, 0.3) is 4.96 Å². The summed E-state index contributed by atoms with van der Waals surface area (Å²) in [6, 6.07) is 0.289. The molecule has 0 aliphatic rings. The van der Waals surface area contributed by atoms with Crippen LogP contribution in [0.4, 0.5) is 0 Å². The Balaban J connectivity index is 1.82. The van der Waals surface area contributed by atoms with E-state index >= 15 is 0 Å². The van der Waals surface area contributed by atoms with Crippen LogP contribution in [-0.2, 0) is 6.42 Å². The number of aromatic nitrogens is 4. The van der Waals surface area contributed by atoms with E-state index in [1.54, 1.807) is 23.9 Å². The summed E-state index contributed by atoms with van der Waals surface area (Å²) in [6.45, 7) is 4.15. The zero-order valence-electron chi connectivity index (χ0n) is 10.9. The highest BCUT2D eigenvalue weighted by molar-refractivity contribution is 7.15. The van der Waals surface area contributed by atoms with E-state index in [9.17, 15) is 5.11 Å². The molecular formula is C13H16N4OS. The fourth-order valence-corrected chi connectivity index (χ4v) is 2.90. The molecule has 5 nitrogen and oxygen atoms in total. The molecule has 0 saturated heterocycles. The maximum atomic E-state index is 10.3. The lowest BCUT2D eigenvalue weighted by molar-refractivity contribution is 0.166. The van der Waals surface area contributed by atoms with Gasteiger partial charge < -0.3 is 9.67 Å². The molecule has 0 bridgehead atoms. The van der Waals surface area contributed by atoms with Crippen molar-refractivity contribution >= 4 is 16.3 Å². The molecule has 19 heavy (non-hydrogen) atoms. The van der Waals surface area contributed by atoms with Crippen LogP contribution in [0.15, 0.2) is 30.3 Å². The molecule has 0 radical (unpaired) electrons. The second-order valence-electron chi connectivity index (χ2n) is 4.86. The number of hydrogen-bond donors (Lipinski definition) is 1. The van der Waals surface area contributed by atoms with Gasteiger partial charge in [0.1, 0.15) is 6.10 Å². The summed E-state index contributed by atoms with van der Waals surface area (Å²) in [4.78, 5) is 9.57. The first kappa shape index (κ1) is 12.4. The SMILES string of the molecule is CC(C)n1cncc1C(O)Cc1cn2ccsc2n1. The van der Waals surface area contributed by atoms with E-state index in [-0.39, 0.29) is 6.04 Å². The monoisotopic (exact) mass is 276 g/mol. The van der Waals surface area contributed by atoms with Crippen LogP contribution in [0.3, 0.4) is 0 Å². The maximum Gasteiger partial charge on any atom is 0.193 e. The summed E-state index contributed by atoms with van der Waals surface area (Å²) < 4.78 is 3.97. The van der Waals surface area contributed by atoms with E-state index in [1.165, 1.54) is 0 Å². The fourth-order valence-electron chi connectivity index (χ4n) is 2.18. The van der Waals surface area contributed by atoms with Crippen molar-refractivity contribution in [2.75, 3.05) is 0 Å². The molecule has 0 spiro atoms. The van der Waals surface area contributed by atoms with Crippen LogP contribution >= 0.6 is 11.3 Å². The van der Waals surface area contributed by atoms with Gasteiger partial charge in [-0.25, -0.2) is 9.97 Å². The van der Waals surface area contributed by atoms with Crippen LogP contribution in [0.5, 0.6) is 0 Å². The molecule has 3 aromatic heterocycles. The number of thiazole rings is 1. The third kappa shape index (κ3) is 2.29. The van der Waals surface area contributed by atoms with E-state index in [0.29, 0.717) is 6.42 Å². The highest BCUT2D eigenvalue weighted by atomic mass is 32.1. The van der Waals surface area contributed by atoms with Crippen molar-refractivity contribution in [2.24, 2.45) is 0 Å². The standard InChI is InChI=1S/C13H16N4OS/c1-9(2)17-8-14-6-11(17)12(18)5-10-7-16-3-4-19-13(16)15-10/h3-4,6-9,12,18H,5H2,1-2H3. The van der Waals surface area contributed by atoms with E-state index < -0.39 is 6.10 Å². The van der Waals surface area contributed by atoms with Gasteiger partial charge >= 0.3 is 0 Å². The second-order valence-corrected chi connectivity index (χ2v) is 5.74. The molecule has 0 amide bonds. The smallest absolute Gasteiger partial charge is 0.193 e. The first-order chi connectivity index (χ1) is 9.15. The Labute approximate surface area is 115 Å². The minimum Gasteiger partial charge on any atom is -0.386 e. The van der Waals surface area contributed by atoms with Gasteiger partial charge in [0.2, 0.25) is 0 Å². The summed E-state index contributed by atoms with van der Waals surface area (Å²) in [7, 11) is 0. The normalized spacial score (nSPS) is 13.5. The minimum atomic E-state index is -0.575. The van der Waals surface area contributed by atoms with Gasteiger partial charge in [0.05, 0.1) is 23.9 Å². The molecule has 3 rings (SSSR count). The molecule has 0 saturated carbocycles. The first-order valence-corrected chi connectivity index (χ1v) is 7.14. The van der Waals surface area contributed by atoms with Gasteiger partial charge in [-0.3, -0.25) is 4.40 Å². The Kier molecular flexibility index (Phi) is 3.12. The number of aliphatic hydroxyl groups is 1. The van der Waals surface area contributed by atoms with Crippen molar-refractivity contribution in [3.63, 3.8) is 0 Å². The molecule has 0 aliphatic heterocycles. The highest BCUT2D eigenvalue weighted by Crippen LogP contribution is 2.21. The number of rotatable bonds is 4. The van der Waals surface area contributed by atoms with E-state index in [0.717, 1.165) is 16.3 Å². The number of hydrogen-bond acceptors (Lipinski definition) is 4. The van der Waals surface area contributed by atoms with Gasteiger partial charge in [-0.15, -0.1) is 11.3 Å². The van der Waals surface area contributed by atoms with Gasteiger partial charge in [0, 0.05) is 30.2 Å². The van der Waals surface area contributed by atoms with Gasteiger partial charge in [0.25, 0.3) is 0 Å². The highest BCUT2D eigenvalue weighted by Gasteiger charge is 2.16. The van der Waals surface area contributed by atoms with Crippen LogP contribution < -0.4 is 0 Å². The molecule has 100 valence electrons.